The molecule has 0 radical (unpaired) electrons. The highest BCUT2D eigenvalue weighted by Crippen LogP contribution is 2.45. The van der Waals surface area contributed by atoms with E-state index in [1.807, 2.05) is 17.7 Å². The van der Waals surface area contributed by atoms with Crippen LogP contribution in [0.1, 0.15) is 32.0 Å². The summed E-state index contributed by atoms with van der Waals surface area (Å²) in [6, 6.07) is 5.20. The van der Waals surface area contributed by atoms with Crippen LogP contribution in [0, 0.1) is 12.7 Å². The molecule has 0 fully saturated rings. The number of fused-ring (bicyclic) bond motifs is 2. The summed E-state index contributed by atoms with van der Waals surface area (Å²) in [6.07, 6.45) is 3.88. The van der Waals surface area contributed by atoms with Gasteiger partial charge in [0.05, 0.1) is 35.8 Å². The molecular formula is C20H19FN6O. The van der Waals surface area contributed by atoms with Crippen LogP contribution in [0.3, 0.4) is 0 Å². The maximum Gasteiger partial charge on any atom is 0.221 e. The topological polar surface area (TPSA) is 81.5 Å². The van der Waals surface area contributed by atoms with E-state index >= 15 is 0 Å². The molecule has 0 saturated heterocycles. The van der Waals surface area contributed by atoms with Crippen molar-refractivity contribution in [3.8, 4) is 28.4 Å². The van der Waals surface area contributed by atoms with E-state index in [1.165, 1.54) is 12.3 Å². The van der Waals surface area contributed by atoms with Gasteiger partial charge in [-0.3, -0.25) is 10.1 Å². The lowest BCUT2D eigenvalue weighted by atomic mass is 10.0. The number of halogens is 1. The van der Waals surface area contributed by atoms with Crippen molar-refractivity contribution in [2.45, 2.75) is 39.3 Å². The Morgan fingerprint density at radius 2 is 2.11 bits per heavy atom. The summed E-state index contributed by atoms with van der Waals surface area (Å²) in [5.74, 6) is 0.310. The number of aromatic amines is 1. The molecule has 0 unspecified atom stereocenters. The molecular weight excluding hydrogens is 359 g/mol. The van der Waals surface area contributed by atoms with Gasteiger partial charge in [0.25, 0.3) is 0 Å². The number of aromatic nitrogens is 6. The first-order valence-corrected chi connectivity index (χ1v) is 9.23. The van der Waals surface area contributed by atoms with Crippen molar-refractivity contribution >= 4 is 11.0 Å². The summed E-state index contributed by atoms with van der Waals surface area (Å²) in [5, 5.41) is 12.8. The molecule has 0 saturated carbocycles. The minimum Gasteiger partial charge on any atom is -0.474 e. The van der Waals surface area contributed by atoms with Gasteiger partial charge in [0.1, 0.15) is 11.5 Å². The molecule has 2 atom stereocenters. The number of H-pyrrole nitrogens is 1. The average Bonchev–Trinajstić information content (AvgIpc) is 3.26. The summed E-state index contributed by atoms with van der Waals surface area (Å²) < 4.78 is 21.6. The van der Waals surface area contributed by atoms with Crippen molar-refractivity contribution < 1.29 is 9.13 Å². The number of nitrogens with one attached hydrogen (secondary N) is 1. The Kier molecular flexibility index (Phi) is 3.68. The van der Waals surface area contributed by atoms with Gasteiger partial charge in [-0.25, -0.2) is 14.1 Å². The van der Waals surface area contributed by atoms with Crippen molar-refractivity contribution in [1.82, 2.24) is 29.9 Å². The fraction of sp³-hybridized carbons (Fsp3) is 0.300. The van der Waals surface area contributed by atoms with Crippen LogP contribution in [0.2, 0.25) is 0 Å². The van der Waals surface area contributed by atoms with Gasteiger partial charge in [0, 0.05) is 23.1 Å². The number of pyridine rings is 2. The van der Waals surface area contributed by atoms with Gasteiger partial charge < -0.3 is 4.74 Å². The Morgan fingerprint density at radius 3 is 2.89 bits per heavy atom. The lowest BCUT2D eigenvalue weighted by Crippen LogP contribution is -2.26. The number of aryl methyl sites for hydroxylation is 1. The summed E-state index contributed by atoms with van der Waals surface area (Å²) in [6.45, 7) is 6.10. The second-order valence-corrected chi connectivity index (χ2v) is 7.29. The molecule has 0 aromatic carbocycles. The van der Waals surface area contributed by atoms with Gasteiger partial charge in [-0.1, -0.05) is 0 Å². The first kappa shape index (κ1) is 16.9. The van der Waals surface area contributed by atoms with Crippen LogP contribution in [0.15, 0.2) is 30.6 Å². The largest absolute Gasteiger partial charge is 0.474 e. The summed E-state index contributed by atoms with van der Waals surface area (Å²) in [5.41, 5.74) is 4.54. The molecule has 0 bridgehead atoms. The molecule has 5 rings (SSSR count). The second kappa shape index (κ2) is 6.12. The van der Waals surface area contributed by atoms with Crippen molar-refractivity contribution in [2.24, 2.45) is 0 Å². The Morgan fingerprint density at radius 1 is 1.25 bits per heavy atom. The summed E-state index contributed by atoms with van der Waals surface area (Å²) in [4.78, 5) is 8.78. The second-order valence-electron chi connectivity index (χ2n) is 7.29. The van der Waals surface area contributed by atoms with Crippen LogP contribution in [-0.4, -0.2) is 36.0 Å². The fourth-order valence-electron chi connectivity index (χ4n) is 3.85. The van der Waals surface area contributed by atoms with E-state index in [1.54, 1.807) is 12.3 Å². The number of rotatable bonds is 2. The Labute approximate surface area is 160 Å². The quantitative estimate of drug-likeness (QED) is 0.569. The van der Waals surface area contributed by atoms with E-state index in [-0.39, 0.29) is 18.0 Å². The third kappa shape index (κ3) is 2.56. The van der Waals surface area contributed by atoms with Crippen molar-refractivity contribution in [2.75, 3.05) is 0 Å². The summed E-state index contributed by atoms with van der Waals surface area (Å²) in [7, 11) is 0. The molecule has 1 aliphatic heterocycles. The number of ether oxygens (including phenoxy) is 1. The lowest BCUT2D eigenvalue weighted by molar-refractivity contribution is 0.127. The molecule has 0 amide bonds. The van der Waals surface area contributed by atoms with Crippen LogP contribution in [0.25, 0.3) is 33.5 Å². The van der Waals surface area contributed by atoms with Crippen LogP contribution >= 0.6 is 0 Å². The smallest absolute Gasteiger partial charge is 0.221 e. The van der Waals surface area contributed by atoms with Gasteiger partial charge in [-0.2, -0.15) is 10.2 Å². The molecule has 1 N–H and O–H groups in total. The van der Waals surface area contributed by atoms with E-state index < -0.39 is 0 Å². The minimum atomic E-state index is -0.385. The Balaban J connectivity index is 1.85. The SMILES string of the molecule is Cc1cc(-c2c(-c3ccc(F)cn3)nn3c2O[C@H](C)C[C@H]3C)c2cn[nH]c2n1. The van der Waals surface area contributed by atoms with Gasteiger partial charge in [0.2, 0.25) is 5.88 Å². The van der Waals surface area contributed by atoms with Gasteiger partial charge in [-0.05, 0) is 39.0 Å². The third-order valence-corrected chi connectivity index (χ3v) is 5.06. The molecule has 1 aliphatic rings. The summed E-state index contributed by atoms with van der Waals surface area (Å²) >= 11 is 0. The molecule has 4 aromatic heterocycles. The number of nitrogens with zero attached hydrogens (tertiary/aromatic N) is 5. The van der Waals surface area contributed by atoms with Gasteiger partial charge >= 0.3 is 0 Å². The molecule has 0 spiro atoms. The predicted octanol–water partition coefficient (Wildman–Crippen LogP) is 4.06. The molecule has 8 heteroatoms. The van der Waals surface area contributed by atoms with E-state index in [9.17, 15) is 4.39 Å². The monoisotopic (exact) mass is 378 g/mol. The molecule has 0 aliphatic carbocycles. The zero-order valence-electron chi connectivity index (χ0n) is 15.8. The highest BCUT2D eigenvalue weighted by Gasteiger charge is 2.32. The molecule has 142 valence electrons. The first-order chi connectivity index (χ1) is 13.5. The van der Waals surface area contributed by atoms with E-state index in [0.29, 0.717) is 22.9 Å². The van der Waals surface area contributed by atoms with Crippen LogP contribution < -0.4 is 4.74 Å². The maximum atomic E-state index is 13.5. The van der Waals surface area contributed by atoms with Crippen molar-refractivity contribution in [1.29, 1.82) is 0 Å². The first-order valence-electron chi connectivity index (χ1n) is 9.23. The van der Waals surface area contributed by atoms with Gasteiger partial charge in [0.15, 0.2) is 5.65 Å². The fourth-order valence-corrected chi connectivity index (χ4v) is 3.85. The average molecular weight is 378 g/mol. The van der Waals surface area contributed by atoms with Crippen molar-refractivity contribution in [3.63, 3.8) is 0 Å². The third-order valence-electron chi connectivity index (χ3n) is 5.06. The van der Waals surface area contributed by atoms with E-state index in [0.717, 1.165) is 28.6 Å². The van der Waals surface area contributed by atoms with Crippen LogP contribution in [0.5, 0.6) is 5.88 Å². The highest BCUT2D eigenvalue weighted by molar-refractivity contribution is 5.98. The minimum absolute atomic E-state index is 0.0646. The maximum absolute atomic E-state index is 13.5. The Bertz CT molecular complexity index is 1180. The molecule has 5 heterocycles. The molecule has 4 aromatic rings. The highest BCUT2D eigenvalue weighted by atomic mass is 19.1. The number of hydrogen-bond acceptors (Lipinski definition) is 5. The Hall–Kier alpha value is -3.29. The van der Waals surface area contributed by atoms with Crippen molar-refractivity contribution in [3.05, 3.63) is 42.1 Å². The lowest BCUT2D eigenvalue weighted by Gasteiger charge is -2.27. The zero-order chi connectivity index (χ0) is 19.4. The standard InChI is InChI=1S/C20H19FN6O/c1-10-6-14(15-9-23-25-19(15)24-10)17-18(16-5-4-13(21)8-22-16)26-27-11(2)7-12(3)28-20(17)27/h4-6,8-9,11-12H,7H2,1-3H3,(H,23,24,25)/t11-,12-/m1/s1. The molecule has 28 heavy (non-hydrogen) atoms. The van der Waals surface area contributed by atoms with E-state index in [2.05, 4.69) is 34.0 Å². The van der Waals surface area contributed by atoms with Gasteiger partial charge in [-0.15, -0.1) is 0 Å². The predicted molar refractivity (Wildman–Crippen MR) is 102 cm³/mol. The number of hydrogen-bond donors (Lipinski definition) is 1. The van der Waals surface area contributed by atoms with Crippen LogP contribution in [0.4, 0.5) is 4.39 Å². The normalized spacial score (nSPS) is 18.9. The zero-order valence-corrected chi connectivity index (χ0v) is 15.8. The molecule has 7 nitrogen and oxygen atoms in total. The van der Waals surface area contributed by atoms with E-state index in [4.69, 9.17) is 9.84 Å². The van der Waals surface area contributed by atoms with Crippen LogP contribution in [-0.2, 0) is 0 Å².